The van der Waals surface area contributed by atoms with Crippen molar-refractivity contribution >= 4 is 27.2 Å². The van der Waals surface area contributed by atoms with Gasteiger partial charge in [0, 0.05) is 50.9 Å². The minimum atomic E-state index is -4.04. The normalized spacial score (nSPS) is 20.6. The van der Waals surface area contributed by atoms with Crippen LogP contribution in [-0.4, -0.2) is 71.8 Å². The molecule has 5 heterocycles. The molecule has 0 radical (unpaired) electrons. The van der Waals surface area contributed by atoms with Gasteiger partial charge < -0.3 is 19.3 Å². The van der Waals surface area contributed by atoms with Crippen molar-refractivity contribution in [3.05, 3.63) is 48.2 Å². The molecule has 3 aromatic heterocycles. The number of alkyl halides is 2. The van der Waals surface area contributed by atoms with E-state index in [2.05, 4.69) is 15.1 Å². The van der Waals surface area contributed by atoms with E-state index >= 15 is 0 Å². The van der Waals surface area contributed by atoms with Crippen LogP contribution in [0, 0.1) is 5.41 Å². The number of halogens is 2. The molecule has 3 fully saturated rings. The summed E-state index contributed by atoms with van der Waals surface area (Å²) in [5.41, 5.74) is 3.39. The lowest BCUT2D eigenvalue weighted by atomic mass is 9.92. The molecule has 3 N–H and O–H groups in total. The fourth-order valence-electron chi connectivity index (χ4n) is 6.32. The Balaban J connectivity index is 1.25. The van der Waals surface area contributed by atoms with E-state index in [4.69, 9.17) is 14.5 Å². The van der Waals surface area contributed by atoms with Crippen molar-refractivity contribution in [2.45, 2.75) is 49.7 Å². The maximum Gasteiger partial charge on any atom is 0.266 e. The number of benzene rings is 1. The lowest BCUT2D eigenvalue weighted by molar-refractivity contribution is -0.0222. The van der Waals surface area contributed by atoms with Crippen LogP contribution >= 0.6 is 0 Å². The molecule has 2 saturated heterocycles. The Hall–Kier alpha value is -3.62. The summed E-state index contributed by atoms with van der Waals surface area (Å²) in [6.45, 7) is 1.29. The predicted octanol–water partition coefficient (Wildman–Crippen LogP) is 3.99. The first-order chi connectivity index (χ1) is 20.5. The van der Waals surface area contributed by atoms with Gasteiger partial charge in [0.2, 0.25) is 21.9 Å². The summed E-state index contributed by atoms with van der Waals surface area (Å²) in [4.78, 5) is 8.80. The summed E-state index contributed by atoms with van der Waals surface area (Å²) >= 11 is 0. The number of aromatic nitrogens is 4. The molecule has 2 aliphatic heterocycles. The molecule has 1 unspecified atom stereocenters. The van der Waals surface area contributed by atoms with Crippen LogP contribution in [0.3, 0.4) is 0 Å². The van der Waals surface area contributed by atoms with E-state index in [0.29, 0.717) is 28.2 Å². The Kier molecular flexibility index (Phi) is 6.71. The molecule has 1 spiro atoms. The second kappa shape index (κ2) is 10.2. The van der Waals surface area contributed by atoms with E-state index in [1.54, 1.807) is 24.3 Å². The van der Waals surface area contributed by atoms with E-state index in [1.807, 2.05) is 27.6 Å². The van der Waals surface area contributed by atoms with Crippen LogP contribution in [0.15, 0.2) is 47.0 Å². The average molecular weight is 614 g/mol. The highest BCUT2D eigenvalue weighted by molar-refractivity contribution is 7.89. The molecule has 1 atom stereocenters. The van der Waals surface area contributed by atoms with Crippen LogP contribution in [-0.2, 0) is 10.0 Å². The molecule has 4 aromatic rings. The lowest BCUT2D eigenvalue weighted by Gasteiger charge is -2.35. The van der Waals surface area contributed by atoms with Crippen LogP contribution in [0.1, 0.15) is 49.3 Å². The van der Waals surface area contributed by atoms with Gasteiger partial charge in [0.1, 0.15) is 10.9 Å². The van der Waals surface area contributed by atoms with Gasteiger partial charge in [-0.2, -0.15) is 0 Å². The first-order valence-electron chi connectivity index (χ1n) is 14.5. The van der Waals surface area contributed by atoms with E-state index in [0.717, 1.165) is 37.1 Å². The van der Waals surface area contributed by atoms with Gasteiger partial charge in [-0.15, -0.1) is 10.2 Å². The van der Waals surface area contributed by atoms with Crippen molar-refractivity contribution < 1.29 is 26.7 Å². The van der Waals surface area contributed by atoms with Gasteiger partial charge in [0.05, 0.1) is 17.7 Å². The van der Waals surface area contributed by atoms with Crippen LogP contribution in [0.2, 0.25) is 0 Å². The summed E-state index contributed by atoms with van der Waals surface area (Å²) in [6.07, 6.45) is 5.90. The third-order valence-electron chi connectivity index (χ3n) is 9.23. The minimum absolute atomic E-state index is 0.172. The van der Waals surface area contributed by atoms with E-state index in [-0.39, 0.29) is 37.7 Å². The summed E-state index contributed by atoms with van der Waals surface area (Å²) < 4.78 is 60.2. The number of aliphatic hydroxyl groups excluding tert-OH is 1. The van der Waals surface area contributed by atoms with Crippen molar-refractivity contribution in [3.8, 4) is 23.0 Å². The third kappa shape index (κ3) is 5.36. The van der Waals surface area contributed by atoms with Crippen LogP contribution < -0.4 is 14.9 Å². The molecule has 1 aromatic carbocycles. The molecule has 11 nitrogen and oxygen atoms in total. The molecule has 14 heteroatoms. The zero-order valence-corrected chi connectivity index (χ0v) is 24.3. The first kappa shape index (κ1) is 28.2. The lowest BCUT2D eigenvalue weighted by Crippen LogP contribution is -2.40. The number of fused-ring (bicyclic) bond motifs is 1. The van der Waals surface area contributed by atoms with Gasteiger partial charge in [-0.1, -0.05) is 6.07 Å². The van der Waals surface area contributed by atoms with Gasteiger partial charge in [-0.25, -0.2) is 27.3 Å². The summed E-state index contributed by atoms with van der Waals surface area (Å²) in [5.74, 6) is -1.75. The molecule has 1 aliphatic carbocycles. The fraction of sp³-hybridized carbons (Fsp3) is 0.483. The van der Waals surface area contributed by atoms with Gasteiger partial charge in [0.15, 0.2) is 0 Å². The number of nitrogens with two attached hydrogens (primary N) is 1. The SMILES string of the molecule is NS(=O)(=O)C(CO)c1ccc(-c2nnc(-c3cc4cccn4c(N4CCC(F)(F)CC4)n3)o2)c(N2CCC3(CC2)CC3)c1. The Morgan fingerprint density at radius 1 is 0.953 bits per heavy atom. The van der Waals surface area contributed by atoms with E-state index in [9.17, 15) is 22.3 Å². The number of nitrogens with zero attached hydrogens (tertiary/aromatic N) is 6. The van der Waals surface area contributed by atoms with Crippen LogP contribution in [0.4, 0.5) is 20.4 Å². The van der Waals surface area contributed by atoms with Crippen molar-refractivity contribution in [2.75, 3.05) is 42.6 Å². The maximum atomic E-state index is 13.9. The predicted molar refractivity (Wildman–Crippen MR) is 156 cm³/mol. The van der Waals surface area contributed by atoms with Gasteiger partial charge >= 0.3 is 0 Å². The topological polar surface area (TPSA) is 143 Å². The van der Waals surface area contributed by atoms with E-state index < -0.39 is 27.8 Å². The second-order valence-corrected chi connectivity index (χ2v) is 13.8. The Labute approximate surface area is 247 Å². The molecule has 0 bridgehead atoms. The van der Waals surface area contributed by atoms with Crippen molar-refractivity contribution in [1.29, 1.82) is 0 Å². The van der Waals surface area contributed by atoms with E-state index in [1.165, 1.54) is 12.8 Å². The Bertz CT molecular complexity index is 1770. The molecule has 43 heavy (non-hydrogen) atoms. The molecule has 3 aliphatic rings. The number of anilines is 2. The highest BCUT2D eigenvalue weighted by Gasteiger charge is 2.45. The molecule has 0 amide bonds. The fourth-order valence-corrected chi connectivity index (χ4v) is 7.05. The second-order valence-electron chi connectivity index (χ2n) is 12.0. The first-order valence-corrected chi connectivity index (χ1v) is 16.1. The van der Waals surface area contributed by atoms with Crippen molar-refractivity contribution in [2.24, 2.45) is 10.6 Å². The zero-order valence-electron chi connectivity index (χ0n) is 23.5. The molecule has 1 saturated carbocycles. The Morgan fingerprint density at radius 2 is 1.65 bits per heavy atom. The monoisotopic (exact) mass is 613 g/mol. The van der Waals surface area contributed by atoms with Gasteiger partial charge in [-0.3, -0.25) is 4.40 Å². The zero-order chi connectivity index (χ0) is 30.0. The number of sulfonamides is 1. The summed E-state index contributed by atoms with van der Waals surface area (Å²) in [5, 5.41) is 22.6. The average Bonchev–Trinajstić information content (AvgIpc) is 3.34. The molecular formula is C29H33F2N7O4S. The largest absolute Gasteiger partial charge is 0.415 e. The number of primary sulfonamides is 1. The minimum Gasteiger partial charge on any atom is -0.415 e. The summed E-state index contributed by atoms with van der Waals surface area (Å²) in [6, 6.07) is 10.6. The molecular weight excluding hydrogens is 580 g/mol. The maximum absolute atomic E-state index is 13.9. The third-order valence-corrected chi connectivity index (χ3v) is 10.4. The van der Waals surface area contributed by atoms with Crippen molar-refractivity contribution in [1.82, 2.24) is 19.6 Å². The molecule has 7 rings (SSSR count). The number of piperidine rings is 2. The standard InChI is InChI=1S/C29H33F2N7O4S/c30-29(31)9-14-37(15-10-29)27-33-22(17-20-2-1-11-38(20)27)26-35-34-25(42-26)21-4-3-19(24(18-39)43(32,40)41)16-23(21)36-12-7-28(5-6-28)8-13-36/h1-4,11,16-17,24,39H,5-10,12-15,18H2,(H2,32,40,41). The Morgan fingerprint density at radius 3 is 2.33 bits per heavy atom. The highest BCUT2D eigenvalue weighted by Crippen LogP contribution is 2.54. The number of rotatable bonds is 7. The van der Waals surface area contributed by atoms with Crippen LogP contribution in [0.25, 0.3) is 28.6 Å². The van der Waals surface area contributed by atoms with Crippen molar-refractivity contribution in [3.63, 3.8) is 0 Å². The quantitative estimate of drug-likeness (QED) is 0.316. The number of hydrogen-bond donors (Lipinski definition) is 2. The molecule has 228 valence electrons. The van der Waals surface area contributed by atoms with Gasteiger partial charge in [0.25, 0.3) is 11.8 Å². The summed E-state index contributed by atoms with van der Waals surface area (Å²) in [7, 11) is -4.04. The van der Waals surface area contributed by atoms with Gasteiger partial charge in [-0.05, 0) is 67.0 Å². The number of aliphatic hydroxyl groups is 1. The number of hydrogen-bond acceptors (Lipinski definition) is 9. The highest BCUT2D eigenvalue weighted by atomic mass is 32.2. The van der Waals surface area contributed by atoms with Crippen LogP contribution in [0.5, 0.6) is 0 Å². The smallest absolute Gasteiger partial charge is 0.266 e.